The lowest BCUT2D eigenvalue weighted by Gasteiger charge is -2.21. The van der Waals surface area contributed by atoms with E-state index in [2.05, 4.69) is 25.3 Å². The van der Waals surface area contributed by atoms with Gasteiger partial charge in [-0.3, -0.25) is 4.79 Å². The van der Waals surface area contributed by atoms with Crippen molar-refractivity contribution in [3.05, 3.63) is 65.2 Å². The fourth-order valence-electron chi connectivity index (χ4n) is 4.33. The molecule has 1 aliphatic rings. The molecule has 190 valence electrons. The summed E-state index contributed by atoms with van der Waals surface area (Å²) in [6, 6.07) is 10.1. The molecule has 37 heavy (non-hydrogen) atoms. The minimum Gasteiger partial charge on any atom is -0.386 e. The number of nitrogens with two attached hydrogens (primary N) is 1. The monoisotopic (exact) mass is 502 g/mol. The molecule has 10 nitrogen and oxygen atoms in total. The summed E-state index contributed by atoms with van der Waals surface area (Å²) in [5, 5.41) is 8.26. The van der Waals surface area contributed by atoms with E-state index >= 15 is 0 Å². The fourth-order valence-corrected chi connectivity index (χ4v) is 4.33. The van der Waals surface area contributed by atoms with Gasteiger partial charge in [-0.25, -0.2) is 29.0 Å². The zero-order valence-electron chi connectivity index (χ0n) is 20.8. The molecule has 11 heteroatoms. The molecule has 0 aliphatic carbocycles. The van der Waals surface area contributed by atoms with Crippen LogP contribution in [0.2, 0.25) is 0 Å². The number of nitrogens with one attached hydrogen (secondary N) is 1. The van der Waals surface area contributed by atoms with Crippen LogP contribution in [0.4, 0.5) is 10.2 Å². The molecule has 1 aromatic carbocycles. The summed E-state index contributed by atoms with van der Waals surface area (Å²) >= 11 is 0. The Bertz CT molecular complexity index is 1530. The number of halogens is 1. The number of amidine groups is 1. The van der Waals surface area contributed by atoms with Gasteiger partial charge in [0.15, 0.2) is 17.3 Å². The number of aliphatic imine (C=N–C) groups is 1. The van der Waals surface area contributed by atoms with Gasteiger partial charge in [-0.1, -0.05) is 18.2 Å². The SMILES string of the molecule is COCCCNC(=O)c1nc(-c2nn(Cc3ccccc3F)c3ncccc23)nc2c1C(C)(C)C(N)=N2. The molecule has 5 rings (SSSR count). The zero-order chi connectivity index (χ0) is 26.2. The van der Waals surface area contributed by atoms with Gasteiger partial charge in [0.2, 0.25) is 0 Å². The van der Waals surface area contributed by atoms with Crippen molar-refractivity contribution in [1.82, 2.24) is 30.0 Å². The van der Waals surface area contributed by atoms with Crippen LogP contribution < -0.4 is 11.1 Å². The first-order valence-corrected chi connectivity index (χ1v) is 11.9. The van der Waals surface area contributed by atoms with Gasteiger partial charge in [0, 0.05) is 37.6 Å². The number of carbonyl (C=O) groups is 1. The van der Waals surface area contributed by atoms with Crippen LogP contribution >= 0.6 is 0 Å². The second-order valence-electron chi connectivity index (χ2n) is 9.29. The molecule has 3 N–H and O–H groups in total. The molecule has 0 saturated heterocycles. The standard InChI is InChI=1S/C26H27FN8O2/c1-26(2)18-20(24(36)30-12-7-13-37-3)31-22(32-21(18)33-25(26)28)19-16-9-6-11-29-23(16)35(34-19)14-15-8-4-5-10-17(15)27/h4-6,8-11H,7,12-14H2,1-3H3,(H,30,36)(H2,28,31,32,33). The van der Waals surface area contributed by atoms with Crippen LogP contribution in [0.1, 0.15) is 41.9 Å². The van der Waals surface area contributed by atoms with Crippen molar-refractivity contribution in [1.29, 1.82) is 0 Å². The van der Waals surface area contributed by atoms with E-state index in [0.717, 1.165) is 0 Å². The summed E-state index contributed by atoms with van der Waals surface area (Å²) in [6.07, 6.45) is 2.29. The Hall–Kier alpha value is -4.25. The Morgan fingerprint density at radius 1 is 1.19 bits per heavy atom. The van der Waals surface area contributed by atoms with Crippen LogP contribution in [0.25, 0.3) is 22.6 Å². The van der Waals surface area contributed by atoms with Gasteiger partial charge in [0.25, 0.3) is 5.91 Å². The third kappa shape index (κ3) is 4.42. The van der Waals surface area contributed by atoms with Crippen molar-refractivity contribution >= 4 is 28.6 Å². The molecule has 3 aromatic heterocycles. The molecule has 0 fully saturated rings. The van der Waals surface area contributed by atoms with Crippen LogP contribution in [0.3, 0.4) is 0 Å². The Labute approximate surface area is 212 Å². The normalized spacial score (nSPS) is 14.0. The number of methoxy groups -OCH3 is 1. The van der Waals surface area contributed by atoms with Gasteiger partial charge in [-0.2, -0.15) is 5.10 Å². The molecule has 0 radical (unpaired) electrons. The minimum absolute atomic E-state index is 0.163. The second-order valence-corrected chi connectivity index (χ2v) is 9.29. The Balaban J connectivity index is 1.62. The van der Waals surface area contributed by atoms with E-state index in [1.165, 1.54) is 6.07 Å². The summed E-state index contributed by atoms with van der Waals surface area (Å²) in [6.45, 7) is 4.86. The number of aromatic nitrogens is 5. The molecular formula is C26H27FN8O2. The summed E-state index contributed by atoms with van der Waals surface area (Å²) in [5.41, 5.74) is 7.67. The largest absolute Gasteiger partial charge is 0.386 e. The average molecular weight is 503 g/mol. The van der Waals surface area contributed by atoms with Crippen LogP contribution in [0.5, 0.6) is 0 Å². The van der Waals surface area contributed by atoms with E-state index in [-0.39, 0.29) is 29.8 Å². The molecule has 1 aliphatic heterocycles. The second kappa shape index (κ2) is 9.66. The van der Waals surface area contributed by atoms with E-state index in [0.29, 0.717) is 59.1 Å². The number of benzene rings is 1. The van der Waals surface area contributed by atoms with Crippen molar-refractivity contribution in [3.8, 4) is 11.5 Å². The lowest BCUT2D eigenvalue weighted by molar-refractivity contribution is 0.0942. The lowest BCUT2D eigenvalue weighted by Crippen LogP contribution is -2.36. The van der Waals surface area contributed by atoms with Crippen molar-refractivity contribution in [2.24, 2.45) is 10.7 Å². The molecule has 1 amide bonds. The quantitative estimate of drug-likeness (QED) is 0.354. The summed E-state index contributed by atoms with van der Waals surface area (Å²) in [7, 11) is 1.61. The first kappa shape index (κ1) is 24.4. The Morgan fingerprint density at radius 2 is 2.00 bits per heavy atom. The smallest absolute Gasteiger partial charge is 0.270 e. The van der Waals surface area contributed by atoms with E-state index in [4.69, 9.17) is 15.6 Å². The van der Waals surface area contributed by atoms with E-state index in [9.17, 15) is 9.18 Å². The first-order valence-electron chi connectivity index (χ1n) is 11.9. The Kier molecular flexibility index (Phi) is 6.38. The van der Waals surface area contributed by atoms with E-state index in [1.54, 1.807) is 42.3 Å². The number of amides is 1. The number of carbonyl (C=O) groups excluding carboxylic acids is 1. The van der Waals surface area contributed by atoms with Crippen molar-refractivity contribution in [3.63, 3.8) is 0 Å². The third-order valence-electron chi connectivity index (χ3n) is 6.40. The highest BCUT2D eigenvalue weighted by molar-refractivity contribution is 6.04. The topological polar surface area (TPSA) is 133 Å². The van der Waals surface area contributed by atoms with Gasteiger partial charge in [-0.15, -0.1) is 0 Å². The highest BCUT2D eigenvalue weighted by Crippen LogP contribution is 2.40. The van der Waals surface area contributed by atoms with E-state index in [1.807, 2.05) is 19.9 Å². The number of ether oxygens (including phenoxy) is 1. The summed E-state index contributed by atoms with van der Waals surface area (Å²) in [5.74, 6) is 0.189. The highest BCUT2D eigenvalue weighted by atomic mass is 19.1. The van der Waals surface area contributed by atoms with Gasteiger partial charge >= 0.3 is 0 Å². The molecule has 0 unspecified atom stereocenters. The van der Waals surface area contributed by atoms with Crippen LogP contribution in [0, 0.1) is 5.82 Å². The number of pyridine rings is 1. The van der Waals surface area contributed by atoms with Crippen LogP contribution in [-0.4, -0.2) is 56.7 Å². The first-order chi connectivity index (χ1) is 17.8. The minimum atomic E-state index is -0.721. The predicted molar refractivity (Wildman–Crippen MR) is 137 cm³/mol. The number of nitrogens with zero attached hydrogens (tertiary/aromatic N) is 6. The molecule has 4 heterocycles. The van der Waals surface area contributed by atoms with Crippen LogP contribution in [0.15, 0.2) is 47.6 Å². The molecule has 0 atom stereocenters. The maximum Gasteiger partial charge on any atom is 0.270 e. The van der Waals surface area contributed by atoms with Gasteiger partial charge < -0.3 is 15.8 Å². The van der Waals surface area contributed by atoms with Crippen molar-refractivity contribution < 1.29 is 13.9 Å². The average Bonchev–Trinajstić information content (AvgIpc) is 3.36. The molecule has 0 spiro atoms. The molecular weight excluding hydrogens is 475 g/mol. The number of fused-ring (bicyclic) bond motifs is 2. The zero-order valence-corrected chi connectivity index (χ0v) is 20.8. The number of hydrogen-bond acceptors (Lipinski definition) is 8. The van der Waals surface area contributed by atoms with Gasteiger partial charge in [0.05, 0.1) is 17.3 Å². The molecule has 0 saturated carbocycles. The van der Waals surface area contributed by atoms with Crippen LogP contribution in [-0.2, 0) is 16.7 Å². The maximum atomic E-state index is 14.4. The van der Waals surface area contributed by atoms with Crippen molar-refractivity contribution in [2.75, 3.05) is 20.3 Å². The summed E-state index contributed by atoms with van der Waals surface area (Å²) in [4.78, 5) is 31.5. The van der Waals surface area contributed by atoms with E-state index < -0.39 is 5.41 Å². The number of hydrogen-bond donors (Lipinski definition) is 2. The maximum absolute atomic E-state index is 14.4. The van der Waals surface area contributed by atoms with Gasteiger partial charge in [-0.05, 0) is 38.5 Å². The predicted octanol–water partition coefficient (Wildman–Crippen LogP) is 3.12. The summed E-state index contributed by atoms with van der Waals surface area (Å²) < 4.78 is 21.1. The lowest BCUT2D eigenvalue weighted by atomic mass is 9.84. The number of rotatable bonds is 8. The van der Waals surface area contributed by atoms with Crippen molar-refractivity contribution in [2.45, 2.75) is 32.2 Å². The molecule has 0 bridgehead atoms. The molecule has 4 aromatic rings. The fraction of sp³-hybridized carbons (Fsp3) is 0.308. The third-order valence-corrected chi connectivity index (χ3v) is 6.40. The van der Waals surface area contributed by atoms with Gasteiger partial charge in [0.1, 0.15) is 23.0 Å². The Morgan fingerprint density at radius 3 is 2.78 bits per heavy atom. The highest BCUT2D eigenvalue weighted by Gasteiger charge is 2.40.